The third-order valence-electron chi connectivity index (χ3n) is 2.88. The number of hydrogen-bond donors (Lipinski definition) is 0. The Hall–Kier alpha value is -2.17. The van der Waals surface area contributed by atoms with Gasteiger partial charge in [0, 0.05) is 18.1 Å². The first-order valence-electron chi connectivity index (χ1n) is 6.08. The predicted molar refractivity (Wildman–Crippen MR) is 69.8 cm³/mol. The lowest BCUT2D eigenvalue weighted by atomic mass is 10.1. The first-order valence-corrected chi connectivity index (χ1v) is 6.08. The number of carbonyl (C=O) groups is 1. The van der Waals surface area contributed by atoms with Gasteiger partial charge in [0.15, 0.2) is 0 Å². The molecule has 0 aliphatic heterocycles. The number of halogens is 1. The van der Waals surface area contributed by atoms with Crippen molar-refractivity contribution in [3.8, 4) is 0 Å². The number of esters is 1. The molecule has 0 fully saturated rings. The van der Waals surface area contributed by atoms with Crippen molar-refractivity contribution >= 4 is 16.9 Å². The number of aromatic nitrogens is 1. The summed E-state index contributed by atoms with van der Waals surface area (Å²) in [7, 11) is 0. The maximum absolute atomic E-state index is 13.3. The van der Waals surface area contributed by atoms with Gasteiger partial charge in [-0.25, -0.2) is 9.18 Å². The zero-order valence-corrected chi connectivity index (χ0v) is 10.8. The van der Waals surface area contributed by atoms with E-state index in [-0.39, 0.29) is 17.6 Å². The Balaban J connectivity index is 2.77. The molecular weight excluding hydrogens is 249 g/mol. The lowest BCUT2D eigenvalue weighted by Crippen LogP contribution is -2.20. The zero-order chi connectivity index (χ0) is 14.0. The maximum Gasteiger partial charge on any atom is 0.343 e. The van der Waals surface area contributed by atoms with E-state index in [0.717, 1.165) is 6.07 Å². The summed E-state index contributed by atoms with van der Waals surface area (Å²) in [5.41, 5.74) is 0.0291. The molecule has 5 heteroatoms. The SMILES string of the molecule is CCOC(=O)c1cn(CC)c2ccc(F)cc2c1=O. The molecule has 0 saturated heterocycles. The summed E-state index contributed by atoms with van der Waals surface area (Å²) in [4.78, 5) is 23.9. The largest absolute Gasteiger partial charge is 0.462 e. The van der Waals surface area contributed by atoms with Crippen LogP contribution in [0.5, 0.6) is 0 Å². The van der Waals surface area contributed by atoms with Crippen molar-refractivity contribution in [2.24, 2.45) is 0 Å². The summed E-state index contributed by atoms with van der Waals surface area (Å²) in [6.45, 7) is 4.29. The molecule has 0 saturated carbocycles. The smallest absolute Gasteiger partial charge is 0.343 e. The highest BCUT2D eigenvalue weighted by atomic mass is 19.1. The molecule has 0 atom stereocenters. The Bertz CT molecular complexity index is 691. The molecule has 2 aromatic rings. The number of ether oxygens (including phenoxy) is 1. The van der Waals surface area contributed by atoms with Gasteiger partial charge < -0.3 is 9.30 Å². The third kappa shape index (κ3) is 2.36. The minimum absolute atomic E-state index is 0.0678. The van der Waals surface area contributed by atoms with Crippen LogP contribution in [0.25, 0.3) is 10.9 Å². The topological polar surface area (TPSA) is 48.3 Å². The number of rotatable bonds is 3. The molecule has 0 aliphatic carbocycles. The molecule has 0 radical (unpaired) electrons. The van der Waals surface area contributed by atoms with Crippen LogP contribution in [0.1, 0.15) is 24.2 Å². The van der Waals surface area contributed by atoms with E-state index in [9.17, 15) is 14.0 Å². The molecule has 2 rings (SSSR count). The molecule has 1 aromatic carbocycles. The van der Waals surface area contributed by atoms with Gasteiger partial charge in [0.2, 0.25) is 5.43 Å². The molecule has 4 nitrogen and oxygen atoms in total. The Morgan fingerprint density at radius 2 is 2.11 bits per heavy atom. The van der Waals surface area contributed by atoms with Crippen LogP contribution < -0.4 is 5.43 Å². The minimum Gasteiger partial charge on any atom is -0.462 e. The molecule has 1 aromatic heterocycles. The Labute approximate surface area is 109 Å². The van der Waals surface area contributed by atoms with E-state index in [2.05, 4.69) is 0 Å². The van der Waals surface area contributed by atoms with E-state index in [4.69, 9.17) is 4.74 Å². The molecular formula is C14H14FNO3. The van der Waals surface area contributed by atoms with Gasteiger partial charge in [0.1, 0.15) is 11.4 Å². The van der Waals surface area contributed by atoms with E-state index >= 15 is 0 Å². The Morgan fingerprint density at radius 3 is 2.74 bits per heavy atom. The van der Waals surface area contributed by atoms with Crippen molar-refractivity contribution < 1.29 is 13.9 Å². The zero-order valence-electron chi connectivity index (χ0n) is 10.8. The second-order valence-corrected chi connectivity index (χ2v) is 4.04. The molecule has 0 amide bonds. The van der Waals surface area contributed by atoms with Gasteiger partial charge in [-0.15, -0.1) is 0 Å². The van der Waals surface area contributed by atoms with Gasteiger partial charge >= 0.3 is 5.97 Å². The number of nitrogens with zero attached hydrogens (tertiary/aromatic N) is 1. The van der Waals surface area contributed by atoms with Crippen LogP contribution in [0.2, 0.25) is 0 Å². The summed E-state index contributed by atoms with van der Waals surface area (Å²) < 4.78 is 19.8. The Kier molecular flexibility index (Phi) is 3.64. The van der Waals surface area contributed by atoms with Crippen molar-refractivity contribution in [3.63, 3.8) is 0 Å². The molecule has 19 heavy (non-hydrogen) atoms. The molecule has 0 aliphatic rings. The van der Waals surface area contributed by atoms with Gasteiger partial charge in [0.25, 0.3) is 0 Å². The second kappa shape index (κ2) is 5.22. The predicted octanol–water partition coefficient (Wildman–Crippen LogP) is 2.34. The van der Waals surface area contributed by atoms with Crippen molar-refractivity contribution in [2.75, 3.05) is 6.61 Å². The van der Waals surface area contributed by atoms with Crippen LogP contribution in [0.15, 0.2) is 29.2 Å². The van der Waals surface area contributed by atoms with E-state index < -0.39 is 17.2 Å². The molecule has 0 bridgehead atoms. The van der Waals surface area contributed by atoms with Crippen LogP contribution in [-0.4, -0.2) is 17.1 Å². The quantitative estimate of drug-likeness (QED) is 0.798. The van der Waals surface area contributed by atoms with Gasteiger partial charge in [0.05, 0.1) is 12.1 Å². The highest BCUT2D eigenvalue weighted by Crippen LogP contribution is 2.14. The molecule has 0 spiro atoms. The fraction of sp³-hybridized carbons (Fsp3) is 0.286. The summed E-state index contributed by atoms with van der Waals surface area (Å²) in [6.07, 6.45) is 1.46. The highest BCUT2D eigenvalue weighted by Gasteiger charge is 2.16. The van der Waals surface area contributed by atoms with E-state index in [0.29, 0.717) is 12.1 Å². The van der Waals surface area contributed by atoms with E-state index in [1.807, 2.05) is 6.92 Å². The van der Waals surface area contributed by atoms with Crippen molar-refractivity contribution in [2.45, 2.75) is 20.4 Å². The number of pyridine rings is 1. The molecule has 0 N–H and O–H groups in total. The van der Waals surface area contributed by atoms with Gasteiger partial charge in [-0.1, -0.05) is 0 Å². The Morgan fingerprint density at radius 1 is 1.37 bits per heavy atom. The van der Waals surface area contributed by atoms with Gasteiger partial charge in [-0.3, -0.25) is 4.79 Å². The number of hydrogen-bond acceptors (Lipinski definition) is 3. The lowest BCUT2D eigenvalue weighted by molar-refractivity contribution is 0.0524. The average molecular weight is 263 g/mol. The average Bonchev–Trinajstić information content (AvgIpc) is 2.40. The van der Waals surface area contributed by atoms with Gasteiger partial charge in [-0.2, -0.15) is 0 Å². The molecule has 100 valence electrons. The van der Waals surface area contributed by atoms with Crippen molar-refractivity contribution in [1.29, 1.82) is 0 Å². The van der Waals surface area contributed by atoms with Crippen LogP contribution in [0.4, 0.5) is 4.39 Å². The number of carbonyl (C=O) groups excluding carboxylic acids is 1. The minimum atomic E-state index is -0.680. The molecule has 0 unspecified atom stereocenters. The summed E-state index contributed by atoms with van der Waals surface area (Å²) in [6, 6.07) is 3.97. The summed E-state index contributed by atoms with van der Waals surface area (Å²) >= 11 is 0. The van der Waals surface area contributed by atoms with Crippen LogP contribution in [0.3, 0.4) is 0 Å². The summed E-state index contributed by atoms with van der Waals surface area (Å²) in [5.74, 6) is -1.19. The van der Waals surface area contributed by atoms with Gasteiger partial charge in [-0.05, 0) is 32.0 Å². The fourth-order valence-corrected chi connectivity index (χ4v) is 1.99. The van der Waals surface area contributed by atoms with E-state index in [1.165, 1.54) is 18.3 Å². The number of fused-ring (bicyclic) bond motifs is 1. The van der Waals surface area contributed by atoms with Crippen LogP contribution >= 0.6 is 0 Å². The first-order chi connectivity index (χ1) is 9.08. The number of benzene rings is 1. The van der Waals surface area contributed by atoms with Crippen molar-refractivity contribution in [3.05, 3.63) is 46.0 Å². The maximum atomic E-state index is 13.3. The van der Waals surface area contributed by atoms with Crippen LogP contribution in [0, 0.1) is 5.82 Å². The first kappa shape index (κ1) is 13.3. The molecule has 1 heterocycles. The van der Waals surface area contributed by atoms with E-state index in [1.54, 1.807) is 11.5 Å². The monoisotopic (exact) mass is 263 g/mol. The van der Waals surface area contributed by atoms with Crippen LogP contribution in [-0.2, 0) is 11.3 Å². The second-order valence-electron chi connectivity index (χ2n) is 4.04. The normalized spacial score (nSPS) is 10.7. The standard InChI is InChI=1S/C14H14FNO3/c1-3-16-8-11(14(18)19-4-2)13(17)10-7-9(15)5-6-12(10)16/h5-8H,3-4H2,1-2H3. The number of aryl methyl sites for hydroxylation is 1. The van der Waals surface area contributed by atoms with Crippen molar-refractivity contribution in [1.82, 2.24) is 4.57 Å². The third-order valence-corrected chi connectivity index (χ3v) is 2.88. The summed E-state index contributed by atoms with van der Waals surface area (Å²) in [5, 5.41) is 0.187. The lowest BCUT2D eigenvalue weighted by Gasteiger charge is -2.11. The highest BCUT2D eigenvalue weighted by molar-refractivity contribution is 5.93. The fourth-order valence-electron chi connectivity index (χ4n) is 1.99.